The molecule has 1 saturated heterocycles. The van der Waals surface area contributed by atoms with Gasteiger partial charge >= 0.3 is 12.0 Å². The van der Waals surface area contributed by atoms with Gasteiger partial charge in [-0.1, -0.05) is 11.6 Å². The Kier molecular flexibility index (Phi) is 4.71. The second-order valence-corrected chi connectivity index (χ2v) is 6.10. The van der Waals surface area contributed by atoms with Crippen molar-refractivity contribution in [3.63, 3.8) is 0 Å². The number of amides is 2. The third-order valence-electron chi connectivity index (χ3n) is 4.01. The molecule has 0 bridgehead atoms. The lowest BCUT2D eigenvalue weighted by Crippen LogP contribution is -2.44. The zero-order valence-corrected chi connectivity index (χ0v) is 13.6. The van der Waals surface area contributed by atoms with E-state index in [1.165, 1.54) is 4.90 Å². The van der Waals surface area contributed by atoms with Crippen molar-refractivity contribution in [2.24, 2.45) is 5.92 Å². The highest BCUT2D eigenvalue weighted by Gasteiger charge is 2.28. The topological polar surface area (TPSA) is 87.5 Å². The average molecular weight is 349 g/mol. The Hall–Kier alpha value is -2.54. The summed E-state index contributed by atoms with van der Waals surface area (Å²) in [7, 11) is 0. The van der Waals surface area contributed by atoms with Crippen molar-refractivity contribution in [1.29, 1.82) is 0 Å². The summed E-state index contributed by atoms with van der Waals surface area (Å²) < 4.78 is 1.61. The zero-order chi connectivity index (χ0) is 17.1. The Bertz CT molecular complexity index is 748. The van der Waals surface area contributed by atoms with Gasteiger partial charge in [-0.05, 0) is 37.1 Å². The van der Waals surface area contributed by atoms with Crippen LogP contribution in [-0.4, -0.2) is 44.9 Å². The number of rotatable bonds is 3. The third-order valence-corrected chi connectivity index (χ3v) is 4.25. The van der Waals surface area contributed by atoms with E-state index in [2.05, 4.69) is 10.4 Å². The molecule has 1 aromatic heterocycles. The minimum absolute atomic E-state index is 0.214. The Morgan fingerprint density at radius 3 is 2.92 bits per heavy atom. The van der Waals surface area contributed by atoms with Gasteiger partial charge in [0.05, 0.1) is 17.3 Å². The number of halogens is 1. The normalized spacial score (nSPS) is 17.5. The Morgan fingerprint density at radius 1 is 1.38 bits per heavy atom. The second-order valence-electron chi connectivity index (χ2n) is 5.67. The van der Waals surface area contributed by atoms with Crippen LogP contribution in [0.5, 0.6) is 0 Å². The lowest BCUT2D eigenvalue weighted by molar-refractivity contribution is -0.143. The number of carbonyl (C=O) groups excluding carboxylic acids is 1. The monoisotopic (exact) mass is 348 g/mol. The van der Waals surface area contributed by atoms with Gasteiger partial charge in [0.15, 0.2) is 0 Å². The predicted molar refractivity (Wildman–Crippen MR) is 89.5 cm³/mol. The molecule has 8 heteroatoms. The van der Waals surface area contributed by atoms with Crippen molar-refractivity contribution in [3.8, 4) is 5.69 Å². The van der Waals surface area contributed by atoms with Crippen molar-refractivity contribution in [2.75, 3.05) is 18.4 Å². The molecule has 7 nitrogen and oxygen atoms in total. The number of urea groups is 1. The summed E-state index contributed by atoms with van der Waals surface area (Å²) in [4.78, 5) is 25.2. The van der Waals surface area contributed by atoms with Gasteiger partial charge in [-0.3, -0.25) is 4.79 Å². The molecule has 126 valence electrons. The smallest absolute Gasteiger partial charge is 0.321 e. The van der Waals surface area contributed by atoms with E-state index < -0.39 is 11.9 Å². The molecule has 3 rings (SSSR count). The van der Waals surface area contributed by atoms with E-state index in [1.54, 1.807) is 41.3 Å². The summed E-state index contributed by atoms with van der Waals surface area (Å²) in [6.45, 7) is 0.756. The standard InChI is InChI=1S/C16H17ClN4O3/c17-12-4-5-13(14(9-12)21-8-2-6-18-21)19-16(24)20-7-1-3-11(10-20)15(22)23/h2,4-6,8-9,11H,1,3,7,10H2,(H,19,24)(H,22,23). The van der Waals surface area contributed by atoms with Crippen LogP contribution in [0.3, 0.4) is 0 Å². The van der Waals surface area contributed by atoms with E-state index >= 15 is 0 Å². The highest BCUT2D eigenvalue weighted by Crippen LogP contribution is 2.25. The molecule has 0 spiro atoms. The maximum atomic E-state index is 12.5. The van der Waals surface area contributed by atoms with Crippen LogP contribution in [0.2, 0.25) is 5.02 Å². The van der Waals surface area contributed by atoms with Crippen molar-refractivity contribution in [3.05, 3.63) is 41.7 Å². The molecule has 1 aliphatic rings. The summed E-state index contributed by atoms with van der Waals surface area (Å²) >= 11 is 6.04. The molecule has 0 radical (unpaired) electrons. The molecule has 1 aromatic carbocycles. The van der Waals surface area contributed by atoms with E-state index in [9.17, 15) is 9.59 Å². The highest BCUT2D eigenvalue weighted by atomic mass is 35.5. The number of piperidine rings is 1. The number of nitrogens with zero attached hydrogens (tertiary/aromatic N) is 3. The van der Waals surface area contributed by atoms with Crippen LogP contribution in [-0.2, 0) is 4.79 Å². The number of aromatic nitrogens is 2. The fourth-order valence-corrected chi connectivity index (χ4v) is 2.94. The van der Waals surface area contributed by atoms with Gasteiger partial charge in [-0.2, -0.15) is 5.10 Å². The van der Waals surface area contributed by atoms with Crippen LogP contribution in [0.15, 0.2) is 36.7 Å². The first-order valence-electron chi connectivity index (χ1n) is 7.63. The summed E-state index contributed by atoms with van der Waals surface area (Å²) in [5, 5.41) is 16.7. The number of hydrogen-bond acceptors (Lipinski definition) is 3. The van der Waals surface area contributed by atoms with E-state index in [4.69, 9.17) is 16.7 Å². The third kappa shape index (κ3) is 3.51. The molecular formula is C16H17ClN4O3. The number of likely N-dealkylation sites (tertiary alicyclic amines) is 1. The molecule has 2 aromatic rings. The molecule has 2 N–H and O–H groups in total. The number of benzene rings is 1. The Labute approximate surface area is 143 Å². The highest BCUT2D eigenvalue weighted by molar-refractivity contribution is 6.30. The number of carboxylic acid groups (broad SMARTS) is 1. The molecule has 2 heterocycles. The Morgan fingerprint density at radius 2 is 2.21 bits per heavy atom. The number of aliphatic carboxylic acids is 1. The lowest BCUT2D eigenvalue weighted by Gasteiger charge is -2.31. The first-order valence-corrected chi connectivity index (χ1v) is 8.00. The van der Waals surface area contributed by atoms with E-state index in [0.29, 0.717) is 35.8 Å². The van der Waals surface area contributed by atoms with Gasteiger partial charge in [-0.15, -0.1) is 0 Å². The largest absolute Gasteiger partial charge is 0.481 e. The van der Waals surface area contributed by atoms with E-state index in [-0.39, 0.29) is 12.6 Å². The maximum Gasteiger partial charge on any atom is 0.321 e. The molecule has 24 heavy (non-hydrogen) atoms. The SMILES string of the molecule is O=C(O)C1CCCN(C(=O)Nc2ccc(Cl)cc2-n2cccn2)C1. The van der Waals surface area contributed by atoms with Gasteiger partial charge < -0.3 is 15.3 Å². The quantitative estimate of drug-likeness (QED) is 0.892. The summed E-state index contributed by atoms with van der Waals surface area (Å²) in [5.41, 5.74) is 1.21. The van der Waals surface area contributed by atoms with Crippen molar-refractivity contribution in [1.82, 2.24) is 14.7 Å². The summed E-state index contributed by atoms with van der Waals surface area (Å²) in [5.74, 6) is -1.38. The molecule has 2 amide bonds. The van der Waals surface area contributed by atoms with Gasteiger partial charge in [0.25, 0.3) is 0 Å². The lowest BCUT2D eigenvalue weighted by atomic mass is 9.99. The average Bonchev–Trinajstić information content (AvgIpc) is 3.11. The molecule has 1 unspecified atom stereocenters. The number of hydrogen-bond donors (Lipinski definition) is 2. The Balaban J connectivity index is 1.78. The van der Waals surface area contributed by atoms with Gasteiger partial charge in [-0.25, -0.2) is 9.48 Å². The minimum atomic E-state index is -0.865. The first-order chi connectivity index (χ1) is 11.5. The molecule has 1 aliphatic heterocycles. The van der Waals surface area contributed by atoms with Crippen LogP contribution in [0, 0.1) is 5.92 Å². The number of carbonyl (C=O) groups is 2. The van der Waals surface area contributed by atoms with Gasteiger partial charge in [0.1, 0.15) is 0 Å². The molecular weight excluding hydrogens is 332 g/mol. The minimum Gasteiger partial charge on any atom is -0.481 e. The van der Waals surface area contributed by atoms with E-state index in [1.807, 2.05) is 0 Å². The van der Waals surface area contributed by atoms with Crippen molar-refractivity contribution in [2.45, 2.75) is 12.8 Å². The van der Waals surface area contributed by atoms with Crippen molar-refractivity contribution >= 4 is 29.3 Å². The predicted octanol–water partition coefficient (Wildman–Crippen LogP) is 2.85. The van der Waals surface area contributed by atoms with E-state index in [0.717, 1.165) is 0 Å². The van der Waals surface area contributed by atoms with Crippen LogP contribution >= 0.6 is 11.6 Å². The molecule has 0 saturated carbocycles. The van der Waals surface area contributed by atoms with Gasteiger partial charge in [0.2, 0.25) is 0 Å². The van der Waals surface area contributed by atoms with Crippen LogP contribution in [0.1, 0.15) is 12.8 Å². The van der Waals surface area contributed by atoms with Crippen LogP contribution in [0.4, 0.5) is 10.5 Å². The summed E-state index contributed by atoms with van der Waals surface area (Å²) in [6.07, 6.45) is 4.66. The fourth-order valence-electron chi connectivity index (χ4n) is 2.77. The number of anilines is 1. The molecule has 1 atom stereocenters. The van der Waals surface area contributed by atoms with Crippen LogP contribution < -0.4 is 5.32 Å². The molecule has 1 fully saturated rings. The second kappa shape index (κ2) is 6.92. The van der Waals surface area contributed by atoms with Gasteiger partial charge in [0, 0.05) is 30.5 Å². The number of carboxylic acids is 1. The fraction of sp³-hybridized carbons (Fsp3) is 0.312. The number of nitrogens with one attached hydrogen (secondary N) is 1. The van der Waals surface area contributed by atoms with Crippen LogP contribution in [0.25, 0.3) is 5.69 Å². The molecule has 0 aliphatic carbocycles. The zero-order valence-electron chi connectivity index (χ0n) is 12.9. The maximum absolute atomic E-state index is 12.5. The first kappa shape index (κ1) is 16.3. The summed E-state index contributed by atoms with van der Waals surface area (Å²) in [6, 6.07) is 6.54. The van der Waals surface area contributed by atoms with Crippen molar-refractivity contribution < 1.29 is 14.7 Å².